The van der Waals surface area contributed by atoms with E-state index >= 15 is 0 Å². The van der Waals surface area contributed by atoms with Crippen molar-refractivity contribution in [2.45, 2.75) is 0 Å². The molecule has 23 heavy (non-hydrogen) atoms. The Morgan fingerprint density at radius 2 is 1.57 bits per heavy atom. The largest absolute Gasteiger partial charge is 0.319 e. The van der Waals surface area contributed by atoms with Crippen molar-refractivity contribution in [2.75, 3.05) is 0 Å². The number of para-hydroxylation sites is 4. The zero-order valence-corrected chi connectivity index (χ0v) is 12.1. The standard InChI is InChI=1S/C18H12N4O/c23-18-17(21-15-7-3-4-8-16(15)22-18)10-9-12-11-19-13-5-1-2-6-14(13)20-12/h1-11H,(H,22,23)/b10-9+. The lowest BCUT2D eigenvalue weighted by molar-refractivity contribution is 1.19. The number of hydrogen-bond acceptors (Lipinski definition) is 4. The predicted molar refractivity (Wildman–Crippen MR) is 90.8 cm³/mol. The van der Waals surface area contributed by atoms with Gasteiger partial charge in [0.15, 0.2) is 0 Å². The summed E-state index contributed by atoms with van der Waals surface area (Å²) in [4.78, 5) is 28.1. The molecule has 4 rings (SSSR count). The molecule has 0 radical (unpaired) electrons. The third kappa shape index (κ3) is 2.60. The Balaban J connectivity index is 1.74. The maximum Gasteiger partial charge on any atom is 0.274 e. The highest BCUT2D eigenvalue weighted by molar-refractivity contribution is 5.78. The van der Waals surface area contributed by atoms with Gasteiger partial charge in [-0.2, -0.15) is 0 Å². The second-order valence-electron chi connectivity index (χ2n) is 5.09. The first kappa shape index (κ1) is 13.3. The molecule has 2 heterocycles. The second-order valence-corrected chi connectivity index (χ2v) is 5.09. The first-order chi connectivity index (χ1) is 11.3. The molecule has 2 aromatic heterocycles. The van der Waals surface area contributed by atoms with Crippen molar-refractivity contribution in [2.24, 2.45) is 0 Å². The van der Waals surface area contributed by atoms with Gasteiger partial charge in [-0.25, -0.2) is 9.97 Å². The molecule has 4 aromatic rings. The van der Waals surface area contributed by atoms with Gasteiger partial charge in [0.25, 0.3) is 5.56 Å². The van der Waals surface area contributed by atoms with Gasteiger partial charge < -0.3 is 4.98 Å². The summed E-state index contributed by atoms with van der Waals surface area (Å²) < 4.78 is 0. The zero-order valence-electron chi connectivity index (χ0n) is 12.1. The highest BCUT2D eigenvalue weighted by Crippen LogP contribution is 2.11. The SMILES string of the molecule is O=c1[nH]c2ccccc2nc1/C=C/c1cnc2ccccc2n1. The molecule has 0 bridgehead atoms. The summed E-state index contributed by atoms with van der Waals surface area (Å²) in [6.45, 7) is 0. The van der Waals surface area contributed by atoms with Gasteiger partial charge in [0, 0.05) is 0 Å². The van der Waals surface area contributed by atoms with E-state index in [2.05, 4.69) is 19.9 Å². The summed E-state index contributed by atoms with van der Waals surface area (Å²) >= 11 is 0. The molecule has 0 saturated carbocycles. The average Bonchev–Trinajstić information content (AvgIpc) is 2.59. The van der Waals surface area contributed by atoms with Gasteiger partial charge in [-0.15, -0.1) is 0 Å². The number of fused-ring (bicyclic) bond motifs is 2. The third-order valence-electron chi connectivity index (χ3n) is 3.50. The van der Waals surface area contributed by atoms with Crippen LogP contribution in [0.5, 0.6) is 0 Å². The van der Waals surface area contributed by atoms with E-state index in [1.807, 2.05) is 48.5 Å². The number of aromatic amines is 1. The van der Waals surface area contributed by atoms with Crippen molar-refractivity contribution >= 4 is 34.2 Å². The van der Waals surface area contributed by atoms with E-state index in [4.69, 9.17) is 0 Å². The van der Waals surface area contributed by atoms with Gasteiger partial charge >= 0.3 is 0 Å². The minimum atomic E-state index is -0.228. The Kier molecular flexibility index (Phi) is 3.16. The Morgan fingerprint density at radius 1 is 0.826 bits per heavy atom. The van der Waals surface area contributed by atoms with Gasteiger partial charge in [-0.1, -0.05) is 24.3 Å². The molecule has 0 aliphatic heterocycles. The topological polar surface area (TPSA) is 71.5 Å². The quantitative estimate of drug-likeness (QED) is 0.617. The number of nitrogens with zero attached hydrogens (tertiary/aromatic N) is 3. The van der Waals surface area contributed by atoms with Crippen molar-refractivity contribution in [3.05, 3.63) is 76.5 Å². The van der Waals surface area contributed by atoms with Crippen molar-refractivity contribution in [1.29, 1.82) is 0 Å². The van der Waals surface area contributed by atoms with Gasteiger partial charge in [0.1, 0.15) is 5.69 Å². The molecule has 0 spiro atoms. The van der Waals surface area contributed by atoms with Gasteiger partial charge in [-0.3, -0.25) is 9.78 Å². The normalized spacial score (nSPS) is 11.5. The predicted octanol–water partition coefficient (Wildman–Crippen LogP) is 3.04. The highest BCUT2D eigenvalue weighted by Gasteiger charge is 2.02. The molecule has 0 aliphatic carbocycles. The summed E-state index contributed by atoms with van der Waals surface area (Å²) in [5.41, 5.74) is 3.92. The molecule has 0 saturated heterocycles. The maximum absolute atomic E-state index is 12.1. The van der Waals surface area contributed by atoms with E-state index in [9.17, 15) is 4.79 Å². The Bertz CT molecular complexity index is 1100. The fourth-order valence-electron chi connectivity index (χ4n) is 2.37. The van der Waals surface area contributed by atoms with Crippen LogP contribution < -0.4 is 5.56 Å². The summed E-state index contributed by atoms with van der Waals surface area (Å²) in [6.07, 6.45) is 5.07. The van der Waals surface area contributed by atoms with Crippen LogP contribution in [0.4, 0.5) is 0 Å². The lowest BCUT2D eigenvalue weighted by Crippen LogP contribution is -2.11. The Hall–Kier alpha value is -3.34. The summed E-state index contributed by atoms with van der Waals surface area (Å²) in [6, 6.07) is 15.1. The molecule has 5 heteroatoms. The summed E-state index contributed by atoms with van der Waals surface area (Å²) in [7, 11) is 0. The number of benzene rings is 2. The number of aromatic nitrogens is 4. The number of hydrogen-bond donors (Lipinski definition) is 1. The lowest BCUT2D eigenvalue weighted by atomic mass is 10.2. The second kappa shape index (κ2) is 5.46. The zero-order chi connectivity index (χ0) is 15.6. The Labute approximate surface area is 131 Å². The molecular weight excluding hydrogens is 288 g/mol. The van der Waals surface area contributed by atoms with Crippen LogP contribution >= 0.6 is 0 Å². The van der Waals surface area contributed by atoms with Gasteiger partial charge in [0.05, 0.1) is 34.0 Å². The molecule has 0 aliphatic rings. The van der Waals surface area contributed by atoms with Crippen LogP contribution in [0, 0.1) is 0 Å². The van der Waals surface area contributed by atoms with Crippen LogP contribution in [0.1, 0.15) is 11.4 Å². The van der Waals surface area contributed by atoms with E-state index in [0.717, 1.165) is 22.1 Å². The monoisotopic (exact) mass is 300 g/mol. The van der Waals surface area contributed by atoms with Crippen LogP contribution in [0.3, 0.4) is 0 Å². The first-order valence-corrected chi connectivity index (χ1v) is 7.18. The van der Waals surface area contributed by atoms with Crippen LogP contribution in [0.25, 0.3) is 34.2 Å². The fraction of sp³-hybridized carbons (Fsp3) is 0. The molecule has 1 N–H and O–H groups in total. The van der Waals surface area contributed by atoms with Crippen LogP contribution in [0.15, 0.2) is 59.5 Å². The van der Waals surface area contributed by atoms with E-state index in [1.165, 1.54) is 0 Å². The average molecular weight is 300 g/mol. The molecule has 2 aromatic carbocycles. The highest BCUT2D eigenvalue weighted by atomic mass is 16.1. The minimum absolute atomic E-state index is 0.228. The maximum atomic E-state index is 12.1. The van der Waals surface area contributed by atoms with Crippen molar-refractivity contribution < 1.29 is 0 Å². The van der Waals surface area contributed by atoms with Crippen LogP contribution in [0.2, 0.25) is 0 Å². The number of nitrogens with one attached hydrogen (secondary N) is 1. The molecule has 0 atom stereocenters. The van der Waals surface area contributed by atoms with Crippen LogP contribution in [-0.4, -0.2) is 19.9 Å². The fourth-order valence-corrected chi connectivity index (χ4v) is 2.37. The lowest BCUT2D eigenvalue weighted by Gasteiger charge is -1.99. The van der Waals surface area contributed by atoms with Gasteiger partial charge in [0.2, 0.25) is 0 Å². The first-order valence-electron chi connectivity index (χ1n) is 7.18. The minimum Gasteiger partial charge on any atom is -0.319 e. The molecule has 110 valence electrons. The van der Waals surface area contributed by atoms with Gasteiger partial charge in [-0.05, 0) is 36.4 Å². The van der Waals surface area contributed by atoms with E-state index in [-0.39, 0.29) is 5.56 Å². The Morgan fingerprint density at radius 3 is 2.43 bits per heavy atom. The van der Waals surface area contributed by atoms with E-state index < -0.39 is 0 Å². The molecular formula is C18H12N4O. The van der Waals surface area contributed by atoms with Crippen molar-refractivity contribution in [3.8, 4) is 0 Å². The van der Waals surface area contributed by atoms with E-state index in [0.29, 0.717) is 11.4 Å². The smallest absolute Gasteiger partial charge is 0.274 e. The number of H-pyrrole nitrogens is 1. The van der Waals surface area contributed by atoms with Crippen molar-refractivity contribution in [1.82, 2.24) is 19.9 Å². The number of rotatable bonds is 2. The molecule has 5 nitrogen and oxygen atoms in total. The van der Waals surface area contributed by atoms with E-state index in [1.54, 1.807) is 18.3 Å². The molecule has 0 amide bonds. The van der Waals surface area contributed by atoms with Crippen molar-refractivity contribution in [3.63, 3.8) is 0 Å². The molecule has 0 fully saturated rings. The summed E-state index contributed by atoms with van der Waals surface area (Å²) in [5, 5.41) is 0. The molecule has 0 unspecified atom stereocenters. The third-order valence-corrected chi connectivity index (χ3v) is 3.50. The van der Waals surface area contributed by atoms with Crippen LogP contribution in [-0.2, 0) is 0 Å². The summed E-state index contributed by atoms with van der Waals surface area (Å²) in [5.74, 6) is 0.